The molecule has 0 bridgehead atoms. The highest BCUT2D eigenvalue weighted by Crippen LogP contribution is 2.20. The molecule has 0 aromatic heterocycles. The summed E-state index contributed by atoms with van der Waals surface area (Å²) in [6.45, 7) is 4.28. The van der Waals surface area contributed by atoms with Crippen LogP contribution >= 0.6 is 11.8 Å². The molecule has 178 valence electrons. The molecule has 2 amide bonds. The van der Waals surface area contributed by atoms with Crippen molar-refractivity contribution in [2.24, 2.45) is 0 Å². The summed E-state index contributed by atoms with van der Waals surface area (Å²) in [5, 5.41) is 3.19. The van der Waals surface area contributed by atoms with Crippen LogP contribution in [-0.4, -0.2) is 41.7 Å². The van der Waals surface area contributed by atoms with Crippen LogP contribution in [-0.2, 0) is 21.9 Å². The van der Waals surface area contributed by atoms with Crippen LogP contribution in [0.15, 0.2) is 48.5 Å². The van der Waals surface area contributed by atoms with Gasteiger partial charge in [0.05, 0.1) is 12.9 Å². The minimum atomic E-state index is -0.536. The van der Waals surface area contributed by atoms with Crippen molar-refractivity contribution in [3.63, 3.8) is 0 Å². The van der Waals surface area contributed by atoms with E-state index in [1.54, 1.807) is 23.8 Å². The average Bonchev–Trinajstić information content (AvgIpc) is 2.84. The van der Waals surface area contributed by atoms with Crippen LogP contribution in [0, 0.1) is 6.92 Å². The molecule has 1 saturated carbocycles. The van der Waals surface area contributed by atoms with E-state index in [-0.39, 0.29) is 17.9 Å². The van der Waals surface area contributed by atoms with Gasteiger partial charge in [0.25, 0.3) is 0 Å². The van der Waals surface area contributed by atoms with Crippen molar-refractivity contribution in [2.75, 3.05) is 12.9 Å². The van der Waals surface area contributed by atoms with Gasteiger partial charge in [-0.3, -0.25) is 9.59 Å². The number of benzene rings is 2. The summed E-state index contributed by atoms with van der Waals surface area (Å²) in [6.07, 6.45) is 5.59. The van der Waals surface area contributed by atoms with Gasteiger partial charge in [-0.2, -0.15) is 0 Å². The van der Waals surface area contributed by atoms with Gasteiger partial charge in [-0.25, -0.2) is 0 Å². The number of methoxy groups -OCH3 is 1. The second-order valence-electron chi connectivity index (χ2n) is 8.87. The molecular weight excluding hydrogens is 432 g/mol. The molecule has 6 heteroatoms. The number of nitrogens with zero attached hydrogens (tertiary/aromatic N) is 1. The largest absolute Gasteiger partial charge is 0.497 e. The van der Waals surface area contributed by atoms with Gasteiger partial charge >= 0.3 is 0 Å². The number of ether oxygens (including phenoxy) is 1. The zero-order valence-corrected chi connectivity index (χ0v) is 20.8. The summed E-state index contributed by atoms with van der Waals surface area (Å²) >= 11 is 1.58. The Kier molecular flexibility index (Phi) is 9.67. The summed E-state index contributed by atoms with van der Waals surface area (Å²) in [6, 6.07) is 15.7. The molecule has 2 aromatic rings. The van der Waals surface area contributed by atoms with E-state index >= 15 is 0 Å². The Labute approximate surface area is 202 Å². The zero-order chi connectivity index (χ0) is 23.6. The molecule has 0 radical (unpaired) electrons. The minimum absolute atomic E-state index is 0.0266. The minimum Gasteiger partial charge on any atom is -0.497 e. The molecule has 1 atom stereocenters. The lowest BCUT2D eigenvalue weighted by molar-refractivity contribution is -0.139. The zero-order valence-electron chi connectivity index (χ0n) is 20.0. The summed E-state index contributed by atoms with van der Waals surface area (Å²) in [5.74, 6) is 1.75. The van der Waals surface area contributed by atoms with Gasteiger partial charge in [-0.15, -0.1) is 11.8 Å². The van der Waals surface area contributed by atoms with Gasteiger partial charge in [0, 0.05) is 18.3 Å². The molecule has 1 N–H and O–H groups in total. The Bertz CT molecular complexity index is 910. The number of carbonyl (C=O) groups is 2. The van der Waals surface area contributed by atoms with E-state index in [4.69, 9.17) is 4.74 Å². The molecular formula is C27H36N2O3S. The lowest BCUT2D eigenvalue weighted by Gasteiger charge is -2.31. The number of thioether (sulfide) groups is 1. The molecule has 1 fully saturated rings. The maximum Gasteiger partial charge on any atom is 0.242 e. The fourth-order valence-electron chi connectivity index (χ4n) is 4.14. The van der Waals surface area contributed by atoms with Crippen LogP contribution in [0.25, 0.3) is 0 Å². The molecule has 1 aliphatic carbocycles. The molecule has 1 aliphatic rings. The first-order chi connectivity index (χ1) is 16.0. The predicted octanol–water partition coefficient (Wildman–Crippen LogP) is 5.10. The quantitative estimate of drug-likeness (QED) is 0.527. The van der Waals surface area contributed by atoms with E-state index in [2.05, 4.69) is 36.5 Å². The third-order valence-electron chi connectivity index (χ3n) is 6.22. The SMILES string of the molecule is COc1cccc(CN(C(=O)CSCc2ccc(C)cc2)[C@H](C)C(=O)NC2CCCCC2)c1. The average molecular weight is 469 g/mol. The number of hydrogen-bond donors (Lipinski definition) is 1. The van der Waals surface area contributed by atoms with Gasteiger partial charge in [0.1, 0.15) is 11.8 Å². The van der Waals surface area contributed by atoms with Crippen molar-refractivity contribution in [1.82, 2.24) is 10.2 Å². The van der Waals surface area contributed by atoms with Crippen LogP contribution in [0.3, 0.4) is 0 Å². The maximum atomic E-state index is 13.3. The molecule has 33 heavy (non-hydrogen) atoms. The summed E-state index contributed by atoms with van der Waals surface area (Å²) in [4.78, 5) is 28.0. The number of carbonyl (C=O) groups excluding carboxylic acids is 2. The summed E-state index contributed by atoms with van der Waals surface area (Å²) in [7, 11) is 1.63. The lowest BCUT2D eigenvalue weighted by atomic mass is 9.95. The highest BCUT2D eigenvalue weighted by Gasteiger charge is 2.28. The number of amides is 2. The van der Waals surface area contributed by atoms with E-state index in [0.29, 0.717) is 12.3 Å². The Morgan fingerprint density at radius 1 is 1.09 bits per heavy atom. The van der Waals surface area contributed by atoms with E-state index in [1.165, 1.54) is 17.5 Å². The van der Waals surface area contributed by atoms with Crippen LogP contribution in [0.4, 0.5) is 0 Å². The first-order valence-electron chi connectivity index (χ1n) is 11.8. The third-order valence-corrected chi connectivity index (χ3v) is 7.21. The predicted molar refractivity (Wildman–Crippen MR) is 135 cm³/mol. The fourth-order valence-corrected chi connectivity index (χ4v) is 5.01. The van der Waals surface area contributed by atoms with Gasteiger partial charge in [0.15, 0.2) is 0 Å². The van der Waals surface area contributed by atoms with Gasteiger partial charge < -0.3 is 15.0 Å². The Morgan fingerprint density at radius 2 is 1.82 bits per heavy atom. The number of rotatable bonds is 10. The Hall–Kier alpha value is -2.47. The smallest absolute Gasteiger partial charge is 0.242 e. The van der Waals surface area contributed by atoms with E-state index in [1.807, 2.05) is 31.2 Å². The number of hydrogen-bond acceptors (Lipinski definition) is 4. The van der Waals surface area contributed by atoms with Crippen molar-refractivity contribution in [1.29, 1.82) is 0 Å². The Morgan fingerprint density at radius 3 is 2.52 bits per heavy atom. The lowest BCUT2D eigenvalue weighted by Crippen LogP contribution is -2.50. The first kappa shape index (κ1) is 25.2. The molecule has 5 nitrogen and oxygen atoms in total. The maximum absolute atomic E-state index is 13.3. The third kappa shape index (κ3) is 7.81. The normalized spacial score (nSPS) is 15.0. The second-order valence-corrected chi connectivity index (χ2v) is 9.86. The van der Waals surface area contributed by atoms with E-state index in [9.17, 15) is 9.59 Å². The molecule has 0 heterocycles. The van der Waals surface area contributed by atoms with Crippen molar-refractivity contribution < 1.29 is 14.3 Å². The highest BCUT2D eigenvalue weighted by atomic mass is 32.2. The van der Waals surface area contributed by atoms with Crippen LogP contribution in [0.5, 0.6) is 5.75 Å². The molecule has 0 unspecified atom stereocenters. The molecule has 0 aliphatic heterocycles. The number of nitrogens with one attached hydrogen (secondary N) is 1. The van der Waals surface area contributed by atoms with Crippen LogP contribution in [0.2, 0.25) is 0 Å². The highest BCUT2D eigenvalue weighted by molar-refractivity contribution is 7.99. The number of aryl methyl sites for hydroxylation is 1. The first-order valence-corrected chi connectivity index (χ1v) is 13.0. The molecule has 3 rings (SSSR count). The van der Waals surface area contributed by atoms with Crippen LogP contribution < -0.4 is 10.1 Å². The van der Waals surface area contributed by atoms with Crippen molar-refractivity contribution in [3.05, 3.63) is 65.2 Å². The van der Waals surface area contributed by atoms with Crippen molar-refractivity contribution in [2.45, 2.75) is 70.3 Å². The monoisotopic (exact) mass is 468 g/mol. The second kappa shape index (κ2) is 12.7. The van der Waals surface area contributed by atoms with Gasteiger partial charge in [0.2, 0.25) is 11.8 Å². The van der Waals surface area contributed by atoms with E-state index < -0.39 is 6.04 Å². The standard InChI is InChI=1S/C27H36N2O3S/c1-20-12-14-22(15-13-20)18-33-19-26(30)29(17-23-8-7-11-25(16-23)32-3)21(2)27(31)28-24-9-5-4-6-10-24/h7-8,11-16,21,24H,4-6,9-10,17-19H2,1-3H3,(H,28,31)/t21-/m1/s1. The van der Waals surface area contributed by atoms with Crippen LogP contribution in [0.1, 0.15) is 55.7 Å². The topological polar surface area (TPSA) is 58.6 Å². The summed E-state index contributed by atoms with van der Waals surface area (Å²) < 4.78 is 5.34. The molecule has 0 saturated heterocycles. The van der Waals surface area contributed by atoms with Gasteiger partial charge in [-0.1, -0.05) is 61.2 Å². The van der Waals surface area contributed by atoms with E-state index in [0.717, 1.165) is 42.7 Å². The summed E-state index contributed by atoms with van der Waals surface area (Å²) in [5.41, 5.74) is 3.37. The van der Waals surface area contributed by atoms with Gasteiger partial charge in [-0.05, 0) is 49.9 Å². The Balaban J connectivity index is 1.66. The fraction of sp³-hybridized carbons (Fsp3) is 0.481. The van der Waals surface area contributed by atoms with Crippen molar-refractivity contribution >= 4 is 23.6 Å². The van der Waals surface area contributed by atoms with Crippen molar-refractivity contribution in [3.8, 4) is 5.75 Å². The molecule has 0 spiro atoms. The molecule has 2 aromatic carbocycles.